The van der Waals surface area contributed by atoms with E-state index < -0.39 is 13.9 Å². The Morgan fingerprint density at radius 3 is 1.62 bits per heavy atom. The molecule has 2 atom stereocenters. The molecule has 0 aliphatic heterocycles. The van der Waals surface area contributed by atoms with E-state index in [2.05, 4.69) is 26.0 Å². The molecule has 0 fully saturated rings. The van der Waals surface area contributed by atoms with Gasteiger partial charge < -0.3 is 27.9 Å². The molecule has 0 aromatic heterocycles. The fourth-order valence-corrected chi connectivity index (χ4v) is 5.97. The highest BCUT2D eigenvalue weighted by Gasteiger charge is 2.20. The molecule has 0 aromatic carbocycles. The van der Waals surface area contributed by atoms with Crippen molar-refractivity contribution in [3.8, 4) is 0 Å². The van der Waals surface area contributed by atoms with Crippen LogP contribution in [0.2, 0.25) is 0 Å². The zero-order valence-electron chi connectivity index (χ0n) is 31.5. The average molecular weight is 690 g/mol. The maximum Gasteiger partial charge on any atom is 0.306 e. The van der Waals surface area contributed by atoms with E-state index in [1.165, 1.54) is 116 Å². The van der Waals surface area contributed by atoms with Crippen LogP contribution in [0.25, 0.3) is 0 Å². The molecule has 2 unspecified atom stereocenters. The third-order valence-electron chi connectivity index (χ3n) is 8.32. The van der Waals surface area contributed by atoms with Gasteiger partial charge in [-0.2, -0.15) is 0 Å². The van der Waals surface area contributed by atoms with Crippen LogP contribution in [-0.4, -0.2) is 70.7 Å². The van der Waals surface area contributed by atoms with E-state index in [0.29, 0.717) is 24.1 Å². The van der Waals surface area contributed by atoms with Crippen LogP contribution in [0, 0.1) is 0 Å². The lowest BCUT2D eigenvalue weighted by molar-refractivity contribution is -0.870. The number of rotatable bonds is 36. The Bertz CT molecular complexity index is 772. The Morgan fingerprint density at radius 2 is 1.11 bits per heavy atom. The Kier molecular flexibility index (Phi) is 31.9. The normalized spacial score (nSPS) is 14.1. The van der Waals surface area contributed by atoms with Crippen molar-refractivity contribution >= 4 is 13.8 Å². The summed E-state index contributed by atoms with van der Waals surface area (Å²) in [4.78, 5) is 24.8. The average Bonchev–Trinajstić information content (AvgIpc) is 3.01. The molecular weight excluding hydrogens is 613 g/mol. The molecule has 0 radical (unpaired) electrons. The predicted octanol–water partition coefficient (Wildman–Crippen LogP) is 10.1. The molecule has 0 aliphatic rings. The quantitative estimate of drug-likeness (QED) is 0.0212. The van der Waals surface area contributed by atoms with Crippen LogP contribution in [0.15, 0.2) is 12.2 Å². The number of hydrogen-bond donors (Lipinski definition) is 0. The third-order valence-corrected chi connectivity index (χ3v) is 9.28. The van der Waals surface area contributed by atoms with Gasteiger partial charge in [0, 0.05) is 13.0 Å². The molecular formula is C38H76NO7P. The molecule has 0 spiro atoms. The van der Waals surface area contributed by atoms with E-state index in [-0.39, 0.29) is 25.8 Å². The van der Waals surface area contributed by atoms with Crippen LogP contribution in [0.5, 0.6) is 0 Å². The first-order valence-electron chi connectivity index (χ1n) is 19.4. The number of esters is 1. The Morgan fingerprint density at radius 1 is 0.638 bits per heavy atom. The maximum absolute atomic E-state index is 12.6. The molecule has 0 aliphatic carbocycles. The predicted molar refractivity (Wildman–Crippen MR) is 194 cm³/mol. The highest BCUT2D eigenvalue weighted by Crippen LogP contribution is 2.38. The second kappa shape index (κ2) is 32.4. The number of phosphoric acid groups is 1. The minimum atomic E-state index is -4.51. The smallest absolute Gasteiger partial charge is 0.306 e. The number of allylic oxidation sites excluding steroid dienone is 2. The Labute approximate surface area is 290 Å². The summed E-state index contributed by atoms with van der Waals surface area (Å²) in [5.41, 5.74) is 0. The molecule has 0 saturated heterocycles. The zero-order valence-corrected chi connectivity index (χ0v) is 32.4. The van der Waals surface area contributed by atoms with E-state index in [1.54, 1.807) is 0 Å². The van der Waals surface area contributed by atoms with Crippen molar-refractivity contribution in [2.24, 2.45) is 0 Å². The van der Waals surface area contributed by atoms with Crippen LogP contribution in [0.4, 0.5) is 0 Å². The number of phosphoric ester groups is 1. The molecule has 0 amide bonds. The maximum atomic E-state index is 12.6. The fraction of sp³-hybridized carbons (Fsp3) is 0.921. The molecule has 0 rings (SSSR count). The van der Waals surface area contributed by atoms with E-state index in [4.69, 9.17) is 18.5 Å². The second-order valence-electron chi connectivity index (χ2n) is 14.3. The van der Waals surface area contributed by atoms with Crippen LogP contribution >= 0.6 is 7.82 Å². The standard InChI is InChI=1S/C38H76NO7P/c1-6-8-10-12-14-15-16-17-18-19-20-21-22-23-24-25-27-29-31-38(40)46-37(35-43-33-30-28-26-13-11-9-7-2)36-45-47(41,42)44-34-32-39(3,4)5/h18-19,37H,6-17,20-36H2,1-5H3/b19-18-. The van der Waals surface area contributed by atoms with Crippen molar-refractivity contribution in [1.29, 1.82) is 0 Å². The molecule has 8 nitrogen and oxygen atoms in total. The first kappa shape index (κ1) is 46.2. The third kappa shape index (κ3) is 36.3. The van der Waals surface area contributed by atoms with Crippen LogP contribution in [0.1, 0.15) is 168 Å². The van der Waals surface area contributed by atoms with E-state index in [0.717, 1.165) is 32.1 Å². The van der Waals surface area contributed by atoms with Crippen molar-refractivity contribution in [3.05, 3.63) is 12.2 Å². The van der Waals surface area contributed by atoms with Gasteiger partial charge in [-0.15, -0.1) is 0 Å². The van der Waals surface area contributed by atoms with Gasteiger partial charge in [0.05, 0.1) is 34.4 Å². The number of ether oxygens (including phenoxy) is 2. The molecule has 47 heavy (non-hydrogen) atoms. The van der Waals surface area contributed by atoms with Gasteiger partial charge in [-0.1, -0.05) is 135 Å². The van der Waals surface area contributed by atoms with E-state index in [9.17, 15) is 14.3 Å². The molecule has 9 heteroatoms. The molecule has 0 saturated carbocycles. The van der Waals surface area contributed by atoms with Crippen LogP contribution < -0.4 is 4.89 Å². The summed E-state index contributed by atoms with van der Waals surface area (Å²) in [5, 5.41) is 0. The minimum absolute atomic E-state index is 0.0277. The van der Waals surface area contributed by atoms with Crippen LogP contribution in [0.3, 0.4) is 0 Å². The molecule has 280 valence electrons. The lowest BCUT2D eigenvalue weighted by Crippen LogP contribution is -2.37. The largest absolute Gasteiger partial charge is 0.756 e. The van der Waals surface area contributed by atoms with E-state index >= 15 is 0 Å². The molecule has 0 N–H and O–H groups in total. The first-order chi connectivity index (χ1) is 22.6. The summed E-state index contributed by atoms with van der Waals surface area (Å²) >= 11 is 0. The van der Waals surface area contributed by atoms with Crippen molar-refractivity contribution < 1.29 is 37.3 Å². The van der Waals surface area contributed by atoms with Gasteiger partial charge in [0.15, 0.2) is 0 Å². The van der Waals surface area contributed by atoms with Gasteiger partial charge in [0.1, 0.15) is 19.3 Å². The van der Waals surface area contributed by atoms with Crippen molar-refractivity contribution in [3.63, 3.8) is 0 Å². The number of carbonyl (C=O) groups excluding carboxylic acids is 1. The van der Waals surface area contributed by atoms with Gasteiger partial charge in [-0.05, 0) is 38.5 Å². The summed E-state index contributed by atoms with van der Waals surface area (Å²) in [7, 11) is 1.36. The number of nitrogens with zero attached hydrogens (tertiary/aromatic N) is 1. The van der Waals surface area contributed by atoms with Crippen LogP contribution in [-0.2, 0) is 27.9 Å². The summed E-state index contributed by atoms with van der Waals surface area (Å²) in [5.74, 6) is -0.340. The SMILES string of the molecule is CCCCCCCCC/C=C\CCCCCCCCCC(=O)OC(COCCCCCCCCC)COP(=O)([O-])OCC[N+](C)(C)C. The summed E-state index contributed by atoms with van der Waals surface area (Å²) in [6.45, 7) is 5.38. The number of unbranched alkanes of at least 4 members (excludes halogenated alkanes) is 20. The topological polar surface area (TPSA) is 94.1 Å². The van der Waals surface area contributed by atoms with Gasteiger partial charge in [0.2, 0.25) is 0 Å². The molecule has 0 bridgehead atoms. The number of hydrogen-bond acceptors (Lipinski definition) is 7. The molecule has 0 aromatic rings. The van der Waals surface area contributed by atoms with Gasteiger partial charge >= 0.3 is 5.97 Å². The van der Waals surface area contributed by atoms with Crippen molar-refractivity contribution in [1.82, 2.24) is 0 Å². The fourth-order valence-electron chi connectivity index (χ4n) is 5.25. The summed E-state index contributed by atoms with van der Waals surface area (Å²) in [6, 6.07) is 0. The highest BCUT2D eigenvalue weighted by atomic mass is 31.2. The zero-order chi connectivity index (χ0) is 34.9. The Balaban J connectivity index is 4.16. The van der Waals surface area contributed by atoms with Crippen molar-refractivity contribution in [2.75, 3.05) is 54.1 Å². The number of carbonyl (C=O) groups is 1. The minimum Gasteiger partial charge on any atom is -0.756 e. The number of quaternary nitrogens is 1. The lowest BCUT2D eigenvalue weighted by atomic mass is 10.1. The second-order valence-corrected chi connectivity index (χ2v) is 15.7. The summed E-state index contributed by atoms with van der Waals surface area (Å²) in [6.07, 6.45) is 32.3. The Hall–Kier alpha value is -0.760. The monoisotopic (exact) mass is 690 g/mol. The lowest BCUT2D eigenvalue weighted by Gasteiger charge is -2.28. The van der Waals surface area contributed by atoms with Gasteiger partial charge in [-0.25, -0.2) is 0 Å². The van der Waals surface area contributed by atoms with Crippen molar-refractivity contribution in [2.45, 2.75) is 174 Å². The molecule has 0 heterocycles. The van der Waals surface area contributed by atoms with Gasteiger partial charge in [-0.3, -0.25) is 9.36 Å². The first-order valence-corrected chi connectivity index (χ1v) is 20.9. The summed E-state index contributed by atoms with van der Waals surface area (Å²) < 4.78 is 34.3. The highest BCUT2D eigenvalue weighted by molar-refractivity contribution is 7.45. The van der Waals surface area contributed by atoms with Gasteiger partial charge in [0.25, 0.3) is 7.82 Å². The number of likely N-dealkylation sites (N-methyl/N-ethyl adjacent to an activating group) is 1. The van der Waals surface area contributed by atoms with E-state index in [1.807, 2.05) is 21.1 Å².